The average molecular weight is 511 g/mol. The van der Waals surface area contributed by atoms with E-state index in [0.29, 0.717) is 32.2 Å². The Morgan fingerprint density at radius 1 is 1.16 bits per heavy atom. The van der Waals surface area contributed by atoms with Crippen molar-refractivity contribution in [1.29, 1.82) is 0 Å². The van der Waals surface area contributed by atoms with Gasteiger partial charge in [-0.3, -0.25) is 4.90 Å². The number of carbonyl (C=O) groups excluding carboxylic acids is 1. The third kappa shape index (κ3) is 6.04. The Balaban J connectivity index is 1.42. The van der Waals surface area contributed by atoms with Crippen molar-refractivity contribution < 1.29 is 19.0 Å². The van der Waals surface area contributed by atoms with E-state index < -0.39 is 5.79 Å². The van der Waals surface area contributed by atoms with E-state index in [1.165, 1.54) is 5.56 Å². The Labute approximate surface area is 218 Å². The molecule has 10 heteroatoms. The van der Waals surface area contributed by atoms with Gasteiger partial charge in [0, 0.05) is 49.5 Å². The first-order chi connectivity index (χ1) is 17.8. The molecule has 2 N–H and O–H groups in total. The van der Waals surface area contributed by atoms with Crippen molar-refractivity contribution in [3.8, 4) is 11.4 Å². The number of urea groups is 1. The molecule has 0 spiro atoms. The van der Waals surface area contributed by atoms with E-state index in [-0.39, 0.29) is 18.2 Å². The van der Waals surface area contributed by atoms with Crippen LogP contribution in [0.1, 0.15) is 39.0 Å². The van der Waals surface area contributed by atoms with Crippen LogP contribution >= 0.6 is 0 Å². The molecular weight excluding hydrogens is 472 g/mol. The van der Waals surface area contributed by atoms with Gasteiger partial charge < -0.3 is 29.7 Å². The summed E-state index contributed by atoms with van der Waals surface area (Å²) in [6, 6.07) is 7.72. The number of nitrogens with zero attached hydrogens (tertiary/aromatic N) is 4. The minimum absolute atomic E-state index is 0.0570. The number of ether oxygens (including phenoxy) is 3. The molecule has 1 aromatic carbocycles. The highest BCUT2D eigenvalue weighted by Crippen LogP contribution is 2.32. The third-order valence-corrected chi connectivity index (χ3v) is 7.03. The minimum atomic E-state index is -0.522. The molecule has 4 heterocycles. The van der Waals surface area contributed by atoms with Crippen LogP contribution in [0.15, 0.2) is 24.3 Å². The molecule has 2 fully saturated rings. The molecule has 3 aliphatic heterocycles. The van der Waals surface area contributed by atoms with Gasteiger partial charge in [0.25, 0.3) is 0 Å². The highest BCUT2D eigenvalue weighted by molar-refractivity contribution is 5.89. The number of hydrogen-bond acceptors (Lipinski definition) is 8. The molecule has 2 aromatic rings. The molecule has 0 aliphatic carbocycles. The van der Waals surface area contributed by atoms with Crippen LogP contribution in [0.3, 0.4) is 0 Å². The van der Waals surface area contributed by atoms with Gasteiger partial charge >= 0.3 is 6.03 Å². The molecule has 1 unspecified atom stereocenters. The Morgan fingerprint density at radius 2 is 1.97 bits per heavy atom. The Bertz CT molecular complexity index is 1110. The van der Waals surface area contributed by atoms with Crippen molar-refractivity contribution in [3.05, 3.63) is 35.5 Å². The number of hydrogen-bond donors (Lipinski definition) is 2. The number of nitrogens with one attached hydrogen (secondary N) is 2. The quantitative estimate of drug-likeness (QED) is 0.612. The number of rotatable bonds is 6. The molecule has 3 aliphatic rings. The fourth-order valence-electron chi connectivity index (χ4n) is 5.21. The summed E-state index contributed by atoms with van der Waals surface area (Å²) >= 11 is 0. The molecule has 1 aromatic heterocycles. The number of aromatic nitrogens is 2. The monoisotopic (exact) mass is 510 g/mol. The predicted molar refractivity (Wildman–Crippen MR) is 142 cm³/mol. The number of fused-ring (bicyclic) bond motifs is 1. The maximum Gasteiger partial charge on any atom is 0.319 e. The molecule has 0 saturated carbocycles. The number of amides is 2. The van der Waals surface area contributed by atoms with Gasteiger partial charge in [-0.25, -0.2) is 14.8 Å². The van der Waals surface area contributed by atoms with Crippen molar-refractivity contribution in [2.75, 3.05) is 56.2 Å². The number of carbonyl (C=O) groups is 1. The van der Waals surface area contributed by atoms with Gasteiger partial charge in [-0.05, 0) is 58.4 Å². The largest absolute Gasteiger partial charge is 0.377 e. The molecule has 2 atom stereocenters. The normalized spacial score (nSPS) is 23.5. The lowest BCUT2D eigenvalue weighted by Gasteiger charge is -2.38. The van der Waals surface area contributed by atoms with Crippen LogP contribution in [0.25, 0.3) is 11.4 Å². The van der Waals surface area contributed by atoms with Crippen molar-refractivity contribution >= 4 is 17.5 Å². The van der Waals surface area contributed by atoms with E-state index in [1.54, 1.807) is 0 Å². The fourth-order valence-corrected chi connectivity index (χ4v) is 5.21. The van der Waals surface area contributed by atoms with Crippen LogP contribution in [0, 0.1) is 0 Å². The lowest BCUT2D eigenvalue weighted by molar-refractivity contribution is -0.140. The Hall–Kier alpha value is -2.79. The zero-order valence-corrected chi connectivity index (χ0v) is 22.2. The van der Waals surface area contributed by atoms with Gasteiger partial charge in [-0.1, -0.05) is 0 Å². The maximum atomic E-state index is 11.9. The topological polar surface area (TPSA) is 101 Å². The van der Waals surface area contributed by atoms with E-state index in [2.05, 4.69) is 27.4 Å². The van der Waals surface area contributed by atoms with Crippen LogP contribution in [-0.2, 0) is 27.2 Å². The summed E-state index contributed by atoms with van der Waals surface area (Å²) in [4.78, 5) is 26.8. The summed E-state index contributed by atoms with van der Waals surface area (Å²) in [5.41, 5.74) is 3.93. The second-order valence-electron chi connectivity index (χ2n) is 10.4. The maximum absolute atomic E-state index is 11.9. The van der Waals surface area contributed by atoms with E-state index in [9.17, 15) is 4.79 Å². The van der Waals surface area contributed by atoms with E-state index in [0.717, 1.165) is 55.4 Å². The lowest BCUT2D eigenvalue weighted by atomic mass is 10.0. The molecule has 0 bridgehead atoms. The van der Waals surface area contributed by atoms with Gasteiger partial charge in [-0.15, -0.1) is 0 Å². The Kier molecular flexibility index (Phi) is 7.62. The standard InChI is InChI=1S/C27H38N6O4/c1-5-28-26(34)29-20-8-6-19(7-9-20)24-30-23-15-32(14-21-17-36-27(3,4)37-21)11-10-22(23)25(31-24)33-12-13-35-16-18(33)2/h6-9,18,21H,5,10-17H2,1-4H3,(H2,28,29,34)/t18?,21-/m1/s1. The highest BCUT2D eigenvalue weighted by Gasteiger charge is 2.35. The van der Waals surface area contributed by atoms with Crippen molar-refractivity contribution in [3.63, 3.8) is 0 Å². The molecule has 10 nitrogen and oxygen atoms in total. The molecular formula is C27H38N6O4. The van der Waals surface area contributed by atoms with Crippen molar-refractivity contribution in [2.24, 2.45) is 0 Å². The van der Waals surface area contributed by atoms with Gasteiger partial charge in [0.2, 0.25) is 0 Å². The summed E-state index contributed by atoms with van der Waals surface area (Å²) in [6.45, 7) is 13.9. The number of morpholine rings is 1. The van der Waals surface area contributed by atoms with Crippen LogP contribution in [0.5, 0.6) is 0 Å². The van der Waals surface area contributed by atoms with E-state index in [4.69, 9.17) is 24.2 Å². The summed E-state index contributed by atoms with van der Waals surface area (Å²) in [5, 5.41) is 5.59. The molecule has 2 saturated heterocycles. The first-order valence-electron chi connectivity index (χ1n) is 13.2. The Morgan fingerprint density at radius 3 is 2.68 bits per heavy atom. The van der Waals surface area contributed by atoms with Gasteiger partial charge in [-0.2, -0.15) is 0 Å². The van der Waals surface area contributed by atoms with Crippen LogP contribution < -0.4 is 15.5 Å². The van der Waals surface area contributed by atoms with Gasteiger partial charge in [0.1, 0.15) is 5.82 Å². The number of benzene rings is 1. The van der Waals surface area contributed by atoms with E-state index in [1.807, 2.05) is 45.0 Å². The summed E-state index contributed by atoms with van der Waals surface area (Å²) < 4.78 is 17.5. The zero-order valence-electron chi connectivity index (χ0n) is 22.2. The van der Waals surface area contributed by atoms with Crippen molar-refractivity contribution in [2.45, 2.75) is 58.6 Å². The fraction of sp³-hybridized carbons (Fsp3) is 0.593. The summed E-state index contributed by atoms with van der Waals surface area (Å²) in [6.07, 6.45) is 0.947. The van der Waals surface area contributed by atoms with Crippen LogP contribution in [0.4, 0.5) is 16.3 Å². The SMILES string of the molecule is CCNC(=O)Nc1ccc(-c2nc3c(c(N4CCOCC4C)n2)CCN(C[C@@H]2COC(C)(C)O2)C3)cc1. The average Bonchev–Trinajstić information content (AvgIpc) is 3.22. The molecule has 200 valence electrons. The van der Waals surface area contributed by atoms with Crippen LogP contribution in [0.2, 0.25) is 0 Å². The summed E-state index contributed by atoms with van der Waals surface area (Å²) in [7, 11) is 0. The third-order valence-electron chi connectivity index (χ3n) is 7.03. The molecule has 5 rings (SSSR count). The second-order valence-corrected chi connectivity index (χ2v) is 10.4. The van der Waals surface area contributed by atoms with Gasteiger partial charge in [0.15, 0.2) is 11.6 Å². The second kappa shape index (κ2) is 10.9. The highest BCUT2D eigenvalue weighted by atomic mass is 16.7. The summed E-state index contributed by atoms with van der Waals surface area (Å²) in [5.74, 6) is 1.19. The minimum Gasteiger partial charge on any atom is -0.377 e. The number of anilines is 2. The van der Waals surface area contributed by atoms with Gasteiger partial charge in [0.05, 0.1) is 37.7 Å². The van der Waals surface area contributed by atoms with Crippen molar-refractivity contribution in [1.82, 2.24) is 20.2 Å². The first-order valence-corrected chi connectivity index (χ1v) is 13.2. The predicted octanol–water partition coefficient (Wildman–Crippen LogP) is 3.02. The zero-order chi connectivity index (χ0) is 26.0. The first kappa shape index (κ1) is 25.8. The van der Waals surface area contributed by atoms with E-state index >= 15 is 0 Å². The smallest absolute Gasteiger partial charge is 0.319 e. The lowest BCUT2D eigenvalue weighted by Crippen LogP contribution is -2.46. The molecule has 0 radical (unpaired) electrons. The van der Waals surface area contributed by atoms with Crippen LogP contribution in [-0.4, -0.2) is 84.8 Å². The molecule has 2 amide bonds. The molecule has 37 heavy (non-hydrogen) atoms.